The summed E-state index contributed by atoms with van der Waals surface area (Å²) in [5.74, 6) is -1.93. The first-order valence-electron chi connectivity index (χ1n) is 14.7. The largest absolute Gasteiger partial charge is 0.478 e. The van der Waals surface area contributed by atoms with Crippen LogP contribution in [0.2, 0.25) is 0 Å². The van der Waals surface area contributed by atoms with Crippen molar-refractivity contribution in [2.45, 2.75) is 45.2 Å². The number of rotatable bonds is 8. The summed E-state index contributed by atoms with van der Waals surface area (Å²) in [5, 5.41) is 8.09. The zero-order valence-electron chi connectivity index (χ0n) is 26.1. The molecule has 0 amide bonds. The Balaban J connectivity index is 0.000000409. The van der Waals surface area contributed by atoms with Crippen LogP contribution < -0.4 is 0 Å². The molecule has 0 bridgehead atoms. The van der Waals surface area contributed by atoms with E-state index in [2.05, 4.69) is 0 Å². The number of carboxylic acid groups (broad SMARTS) is 1. The molecule has 1 aliphatic rings. The van der Waals surface area contributed by atoms with Crippen molar-refractivity contribution in [2.75, 3.05) is 12.4 Å². The van der Waals surface area contributed by atoms with E-state index >= 15 is 0 Å². The van der Waals surface area contributed by atoms with Gasteiger partial charge in [-0.2, -0.15) is 0 Å². The Hall–Kier alpha value is -4.89. The predicted molar refractivity (Wildman–Crippen MR) is 177 cm³/mol. The number of carbonyl (C=O) groups excluding carboxylic acids is 3. The fourth-order valence-electron chi connectivity index (χ4n) is 4.45. The number of benzene rings is 4. The van der Waals surface area contributed by atoms with E-state index in [1.165, 1.54) is 11.8 Å². The maximum Gasteiger partial charge on any atom is 0.338 e. The van der Waals surface area contributed by atoms with Gasteiger partial charge in [-0.15, -0.1) is 11.8 Å². The number of aryl methyl sites for hydroxylation is 4. The van der Waals surface area contributed by atoms with Gasteiger partial charge in [-0.3, -0.25) is 0 Å². The number of hydrogen-bond donors (Lipinski definition) is 1. The van der Waals surface area contributed by atoms with Crippen molar-refractivity contribution in [1.29, 1.82) is 0 Å². The normalized spacial score (nSPS) is 16.8. The van der Waals surface area contributed by atoms with Crippen molar-refractivity contribution in [3.8, 4) is 0 Å². The van der Waals surface area contributed by atoms with Crippen LogP contribution in [0.4, 0.5) is 0 Å². The number of ether oxygens (including phenoxy) is 3. The highest BCUT2D eigenvalue weighted by Gasteiger charge is 2.43. The summed E-state index contributed by atoms with van der Waals surface area (Å²) in [7, 11) is 0. The summed E-state index contributed by atoms with van der Waals surface area (Å²) in [6, 6.07) is 28.0. The van der Waals surface area contributed by atoms with Crippen molar-refractivity contribution in [3.05, 3.63) is 142 Å². The topological polar surface area (TPSA) is 116 Å². The summed E-state index contributed by atoms with van der Waals surface area (Å²) in [6.45, 7) is 7.75. The highest BCUT2D eigenvalue weighted by molar-refractivity contribution is 8.00. The molecule has 46 heavy (non-hydrogen) atoms. The van der Waals surface area contributed by atoms with Crippen LogP contribution in [0, 0.1) is 27.7 Å². The Morgan fingerprint density at radius 2 is 0.957 bits per heavy atom. The third-order valence-corrected chi connectivity index (χ3v) is 8.60. The molecule has 0 aliphatic carbocycles. The number of hydrogen-bond acceptors (Lipinski definition) is 8. The van der Waals surface area contributed by atoms with E-state index < -0.39 is 36.1 Å². The molecule has 4 aromatic carbocycles. The van der Waals surface area contributed by atoms with Crippen LogP contribution in [0.3, 0.4) is 0 Å². The molecule has 0 radical (unpaired) electrons. The highest BCUT2D eigenvalue weighted by atomic mass is 32.2. The summed E-state index contributed by atoms with van der Waals surface area (Å²) >= 11 is 1.45. The second-order valence-corrected chi connectivity index (χ2v) is 12.3. The molecule has 0 aromatic heterocycles. The third kappa shape index (κ3) is 9.55. The standard InChI is InChI=1S/C29H28O6S.C8H8O2/c1-18-4-10-21(11-5-18)27(30)33-16-25-26(35-29(32)23-14-8-20(3)9-15-23)24(17-36-25)34-28(31)22-12-6-19(2)7-13-22;1-6-2-4-7(5-3-6)8(9)10/h4-15,24-26H,16-17H2,1-3H3;2-5H,1H3,(H,9,10)/t24-,25+,26-;/m1./s1. The molecule has 238 valence electrons. The van der Waals surface area contributed by atoms with Gasteiger partial charge in [0.1, 0.15) is 12.7 Å². The third-order valence-electron chi connectivity index (χ3n) is 7.25. The zero-order chi connectivity index (χ0) is 33.2. The lowest BCUT2D eigenvalue weighted by Gasteiger charge is -2.24. The predicted octanol–water partition coefficient (Wildman–Crippen LogP) is 7.03. The van der Waals surface area contributed by atoms with Crippen molar-refractivity contribution < 1.29 is 38.5 Å². The van der Waals surface area contributed by atoms with E-state index in [0.29, 0.717) is 28.0 Å². The molecule has 9 heteroatoms. The van der Waals surface area contributed by atoms with Crippen LogP contribution >= 0.6 is 11.8 Å². The quantitative estimate of drug-likeness (QED) is 0.160. The van der Waals surface area contributed by atoms with Crippen molar-refractivity contribution in [3.63, 3.8) is 0 Å². The van der Waals surface area contributed by atoms with Crippen molar-refractivity contribution >= 4 is 35.6 Å². The smallest absolute Gasteiger partial charge is 0.338 e. The van der Waals surface area contributed by atoms with Crippen LogP contribution in [0.1, 0.15) is 63.7 Å². The maximum atomic E-state index is 12.9. The number of carboxylic acids is 1. The molecule has 1 fully saturated rings. The van der Waals surface area contributed by atoms with Crippen LogP contribution in [0.25, 0.3) is 0 Å². The maximum absolute atomic E-state index is 12.9. The molecule has 8 nitrogen and oxygen atoms in total. The van der Waals surface area contributed by atoms with Gasteiger partial charge in [0.05, 0.1) is 27.5 Å². The summed E-state index contributed by atoms with van der Waals surface area (Å²) in [4.78, 5) is 48.5. The van der Waals surface area contributed by atoms with Gasteiger partial charge >= 0.3 is 23.9 Å². The van der Waals surface area contributed by atoms with Crippen LogP contribution in [-0.4, -0.2) is 58.8 Å². The van der Waals surface area contributed by atoms with Crippen molar-refractivity contribution in [1.82, 2.24) is 0 Å². The first kappa shape index (κ1) is 34.0. The van der Waals surface area contributed by atoms with E-state index in [1.807, 2.05) is 64.1 Å². The van der Waals surface area contributed by atoms with Gasteiger partial charge in [-0.05, 0) is 76.2 Å². The van der Waals surface area contributed by atoms with E-state index in [-0.39, 0.29) is 11.9 Å². The van der Waals surface area contributed by atoms with Crippen LogP contribution in [-0.2, 0) is 14.2 Å². The van der Waals surface area contributed by atoms with Crippen molar-refractivity contribution in [2.24, 2.45) is 0 Å². The second-order valence-electron chi connectivity index (χ2n) is 11.1. The fourth-order valence-corrected chi connectivity index (χ4v) is 5.73. The Morgan fingerprint density at radius 3 is 1.37 bits per heavy atom. The number of aromatic carboxylic acids is 1. The Kier molecular flexibility index (Phi) is 11.8. The van der Waals surface area contributed by atoms with E-state index in [9.17, 15) is 19.2 Å². The van der Waals surface area contributed by atoms with Gasteiger partial charge < -0.3 is 19.3 Å². The minimum absolute atomic E-state index is 0.0157. The van der Waals surface area contributed by atoms with Crippen LogP contribution in [0.15, 0.2) is 97.1 Å². The van der Waals surface area contributed by atoms with Crippen LogP contribution in [0.5, 0.6) is 0 Å². The molecule has 5 rings (SSSR count). The average Bonchev–Trinajstić information content (AvgIpc) is 3.41. The summed E-state index contributed by atoms with van der Waals surface area (Å²) in [5.41, 5.74) is 5.77. The molecule has 3 atom stereocenters. The number of thioether (sulfide) groups is 1. The lowest BCUT2D eigenvalue weighted by molar-refractivity contribution is -0.0295. The molecule has 1 heterocycles. The minimum Gasteiger partial charge on any atom is -0.478 e. The number of carbonyl (C=O) groups is 4. The Morgan fingerprint density at radius 1 is 0.587 bits per heavy atom. The van der Waals surface area contributed by atoms with Gasteiger partial charge in [0, 0.05) is 5.75 Å². The fraction of sp³-hybridized carbons (Fsp3) is 0.243. The van der Waals surface area contributed by atoms with Gasteiger partial charge in [0.2, 0.25) is 0 Å². The molecule has 0 unspecified atom stereocenters. The molecule has 4 aromatic rings. The zero-order valence-corrected chi connectivity index (χ0v) is 26.9. The minimum atomic E-state index is -0.875. The molecule has 0 spiro atoms. The van der Waals surface area contributed by atoms with Gasteiger partial charge in [0.25, 0.3) is 0 Å². The molecular formula is C37H36O8S. The lowest BCUT2D eigenvalue weighted by Crippen LogP contribution is -2.39. The molecule has 1 saturated heterocycles. The molecule has 0 saturated carbocycles. The van der Waals surface area contributed by atoms with E-state index in [1.54, 1.807) is 60.7 Å². The van der Waals surface area contributed by atoms with E-state index in [0.717, 1.165) is 22.3 Å². The first-order chi connectivity index (χ1) is 22.0. The Bertz CT molecular complexity index is 1650. The first-order valence-corrected chi connectivity index (χ1v) is 15.8. The second kappa shape index (κ2) is 15.9. The lowest BCUT2D eigenvalue weighted by atomic mass is 10.1. The average molecular weight is 641 g/mol. The van der Waals surface area contributed by atoms with Gasteiger partial charge in [0.15, 0.2) is 6.10 Å². The summed E-state index contributed by atoms with van der Waals surface area (Å²) < 4.78 is 17.2. The molecular weight excluding hydrogens is 604 g/mol. The molecule has 1 N–H and O–H groups in total. The number of esters is 3. The van der Waals surface area contributed by atoms with Gasteiger partial charge in [-0.25, -0.2) is 19.2 Å². The monoisotopic (exact) mass is 640 g/mol. The SMILES string of the molecule is Cc1ccc(C(=O)O)cc1.Cc1ccc(C(=O)OC[C@@H]2SC[C@@H](OC(=O)c3ccc(C)cc3)[C@H]2OC(=O)c2ccc(C)cc2)cc1. The summed E-state index contributed by atoms with van der Waals surface area (Å²) in [6.07, 6.45) is -1.45. The molecule has 1 aliphatic heterocycles. The van der Waals surface area contributed by atoms with Gasteiger partial charge in [-0.1, -0.05) is 70.8 Å². The highest BCUT2D eigenvalue weighted by Crippen LogP contribution is 2.33. The van der Waals surface area contributed by atoms with E-state index in [4.69, 9.17) is 19.3 Å². The Labute approximate surface area is 272 Å².